The average Bonchev–Trinajstić information content (AvgIpc) is 2.75. The summed E-state index contributed by atoms with van der Waals surface area (Å²) in [6, 6.07) is 0. The van der Waals surface area contributed by atoms with E-state index in [2.05, 4.69) is 29.4 Å². The molecular weight excluding hydrogens is 214 g/mol. The van der Waals surface area contributed by atoms with E-state index in [1.807, 2.05) is 7.05 Å². The van der Waals surface area contributed by atoms with Crippen LogP contribution < -0.4 is 5.32 Å². The van der Waals surface area contributed by atoms with Crippen LogP contribution in [-0.4, -0.2) is 30.5 Å². The van der Waals surface area contributed by atoms with Crippen molar-refractivity contribution in [1.82, 2.24) is 15.5 Å². The maximum atomic E-state index is 5.43. The lowest BCUT2D eigenvalue weighted by atomic mass is 9.91. The molecule has 0 aliphatic carbocycles. The Labute approximate surface area is 103 Å². The van der Waals surface area contributed by atoms with Gasteiger partial charge in [0.15, 0.2) is 0 Å². The van der Waals surface area contributed by atoms with Gasteiger partial charge >= 0.3 is 0 Å². The van der Waals surface area contributed by atoms with Gasteiger partial charge in [0.2, 0.25) is 0 Å². The molecule has 1 aromatic rings. The molecule has 1 aliphatic rings. The van der Waals surface area contributed by atoms with E-state index >= 15 is 0 Å². The smallest absolute Gasteiger partial charge is 0.0695 e. The zero-order valence-electron chi connectivity index (χ0n) is 11.0. The third-order valence-electron chi connectivity index (χ3n) is 3.46. The number of hydrogen-bond acceptors (Lipinski definition) is 3. The number of hydrogen-bond donors (Lipinski definition) is 2. The third-order valence-corrected chi connectivity index (χ3v) is 3.46. The van der Waals surface area contributed by atoms with Gasteiger partial charge in [-0.15, -0.1) is 0 Å². The maximum Gasteiger partial charge on any atom is 0.0695 e. The summed E-state index contributed by atoms with van der Waals surface area (Å²) in [5.41, 5.74) is 3.90. The summed E-state index contributed by atoms with van der Waals surface area (Å²) in [7, 11) is 1.99. The molecule has 96 valence electrons. The Hall–Kier alpha value is -0.870. The Morgan fingerprint density at radius 1 is 1.41 bits per heavy atom. The van der Waals surface area contributed by atoms with Crippen LogP contribution >= 0.6 is 0 Å². The molecule has 4 nitrogen and oxygen atoms in total. The van der Waals surface area contributed by atoms with Crippen LogP contribution in [0.15, 0.2) is 0 Å². The molecule has 4 heteroatoms. The fourth-order valence-corrected chi connectivity index (χ4v) is 2.56. The summed E-state index contributed by atoms with van der Waals surface area (Å²) in [6.45, 7) is 7.04. The minimum absolute atomic E-state index is 0.475. The normalized spacial score (nSPS) is 17.9. The molecule has 1 aromatic heterocycles. The molecule has 1 saturated heterocycles. The molecule has 0 saturated carbocycles. The molecule has 0 radical (unpaired) electrons. The molecule has 0 amide bonds. The highest BCUT2D eigenvalue weighted by molar-refractivity contribution is 5.30. The minimum atomic E-state index is 0.475. The molecule has 0 aromatic carbocycles. The van der Waals surface area contributed by atoms with Crippen molar-refractivity contribution in [1.29, 1.82) is 0 Å². The first-order valence-electron chi connectivity index (χ1n) is 6.53. The van der Waals surface area contributed by atoms with E-state index in [4.69, 9.17) is 4.74 Å². The van der Waals surface area contributed by atoms with Crippen LogP contribution in [0.2, 0.25) is 0 Å². The van der Waals surface area contributed by atoms with Gasteiger partial charge in [-0.1, -0.05) is 13.8 Å². The minimum Gasteiger partial charge on any atom is -0.381 e. The second-order valence-electron chi connectivity index (χ2n) is 5.07. The van der Waals surface area contributed by atoms with Crippen LogP contribution in [0.25, 0.3) is 0 Å². The van der Waals surface area contributed by atoms with Crippen molar-refractivity contribution >= 4 is 0 Å². The Bertz CT molecular complexity index is 354. The van der Waals surface area contributed by atoms with Crippen LogP contribution in [0.4, 0.5) is 0 Å². The molecule has 0 atom stereocenters. The number of nitrogens with zero attached hydrogens (tertiary/aromatic N) is 1. The second-order valence-corrected chi connectivity index (χ2v) is 5.07. The van der Waals surface area contributed by atoms with Gasteiger partial charge in [0.25, 0.3) is 0 Å². The fraction of sp³-hybridized carbons (Fsp3) is 0.769. The number of aromatic amines is 1. The monoisotopic (exact) mass is 237 g/mol. The first kappa shape index (κ1) is 12.6. The Kier molecular flexibility index (Phi) is 4.18. The van der Waals surface area contributed by atoms with Gasteiger partial charge in [-0.3, -0.25) is 5.10 Å². The van der Waals surface area contributed by atoms with E-state index in [1.54, 1.807) is 0 Å². The highest BCUT2D eigenvalue weighted by Crippen LogP contribution is 2.31. The zero-order chi connectivity index (χ0) is 12.3. The van der Waals surface area contributed by atoms with Crippen molar-refractivity contribution in [3.8, 4) is 0 Å². The Morgan fingerprint density at radius 2 is 2.12 bits per heavy atom. The molecule has 2 N–H and O–H groups in total. The summed E-state index contributed by atoms with van der Waals surface area (Å²) in [5.74, 6) is 1.07. The van der Waals surface area contributed by atoms with Crippen LogP contribution in [0.3, 0.4) is 0 Å². The molecule has 0 spiro atoms. The van der Waals surface area contributed by atoms with Gasteiger partial charge in [0.1, 0.15) is 0 Å². The first-order valence-corrected chi connectivity index (χ1v) is 6.53. The second kappa shape index (κ2) is 5.65. The first-order chi connectivity index (χ1) is 8.24. The predicted molar refractivity (Wildman–Crippen MR) is 68.2 cm³/mol. The zero-order valence-corrected chi connectivity index (χ0v) is 11.0. The molecule has 2 rings (SSSR count). The van der Waals surface area contributed by atoms with Crippen molar-refractivity contribution in [2.24, 2.45) is 0 Å². The van der Waals surface area contributed by atoms with Crippen molar-refractivity contribution in [3.05, 3.63) is 17.0 Å². The van der Waals surface area contributed by atoms with Gasteiger partial charge in [0, 0.05) is 36.9 Å². The molecule has 0 bridgehead atoms. The van der Waals surface area contributed by atoms with Crippen LogP contribution in [0, 0.1) is 0 Å². The van der Waals surface area contributed by atoms with Crippen LogP contribution in [-0.2, 0) is 11.3 Å². The van der Waals surface area contributed by atoms with E-state index in [9.17, 15) is 0 Å². The van der Waals surface area contributed by atoms with Crippen LogP contribution in [0.1, 0.15) is 55.5 Å². The predicted octanol–water partition coefficient (Wildman–Crippen LogP) is 2.15. The number of aromatic nitrogens is 2. The molecule has 2 heterocycles. The molecule has 1 fully saturated rings. The maximum absolute atomic E-state index is 5.43. The lowest BCUT2D eigenvalue weighted by Crippen LogP contribution is -2.17. The topological polar surface area (TPSA) is 49.9 Å². The summed E-state index contributed by atoms with van der Waals surface area (Å²) < 4.78 is 5.43. The Balaban J connectivity index is 2.25. The van der Waals surface area contributed by atoms with Gasteiger partial charge in [-0.05, 0) is 25.8 Å². The van der Waals surface area contributed by atoms with Gasteiger partial charge in [-0.2, -0.15) is 5.10 Å². The molecular formula is C13H23N3O. The summed E-state index contributed by atoms with van der Waals surface area (Å²) in [6.07, 6.45) is 2.22. The third kappa shape index (κ3) is 2.69. The summed E-state index contributed by atoms with van der Waals surface area (Å²) in [4.78, 5) is 0. The average molecular weight is 237 g/mol. The van der Waals surface area contributed by atoms with Gasteiger partial charge in [0.05, 0.1) is 5.69 Å². The van der Waals surface area contributed by atoms with E-state index < -0.39 is 0 Å². The highest BCUT2D eigenvalue weighted by Gasteiger charge is 2.23. The van der Waals surface area contributed by atoms with Crippen molar-refractivity contribution in [2.45, 2.75) is 45.1 Å². The van der Waals surface area contributed by atoms with Crippen molar-refractivity contribution in [2.75, 3.05) is 20.3 Å². The molecule has 0 unspecified atom stereocenters. The van der Waals surface area contributed by atoms with Crippen LogP contribution in [0.5, 0.6) is 0 Å². The van der Waals surface area contributed by atoms with E-state index in [0.29, 0.717) is 11.8 Å². The lowest BCUT2D eigenvalue weighted by Gasteiger charge is -2.22. The Morgan fingerprint density at radius 3 is 2.71 bits per heavy atom. The van der Waals surface area contributed by atoms with Crippen molar-refractivity contribution < 1.29 is 4.74 Å². The fourth-order valence-electron chi connectivity index (χ4n) is 2.56. The highest BCUT2D eigenvalue weighted by atomic mass is 16.5. The van der Waals surface area contributed by atoms with Gasteiger partial charge in [-0.25, -0.2) is 0 Å². The number of nitrogens with one attached hydrogen (secondary N) is 2. The van der Waals surface area contributed by atoms with E-state index in [0.717, 1.165) is 32.6 Å². The van der Waals surface area contributed by atoms with Gasteiger partial charge < -0.3 is 10.1 Å². The molecule has 1 aliphatic heterocycles. The largest absolute Gasteiger partial charge is 0.381 e. The van der Waals surface area contributed by atoms with Crippen molar-refractivity contribution in [3.63, 3.8) is 0 Å². The number of ether oxygens (including phenoxy) is 1. The SMILES string of the molecule is CNCc1c(C(C)C)n[nH]c1C1CCOCC1. The number of H-pyrrole nitrogens is 1. The summed E-state index contributed by atoms with van der Waals surface area (Å²) in [5, 5.41) is 11.0. The lowest BCUT2D eigenvalue weighted by molar-refractivity contribution is 0.0843. The van der Waals surface area contributed by atoms with E-state index in [-0.39, 0.29) is 0 Å². The molecule has 17 heavy (non-hydrogen) atoms. The standard InChI is InChI=1S/C13H23N3O/c1-9(2)12-11(8-14-3)13(16-15-12)10-4-6-17-7-5-10/h9-10,14H,4-8H2,1-3H3,(H,15,16). The summed E-state index contributed by atoms with van der Waals surface area (Å²) >= 11 is 0. The van der Waals surface area contributed by atoms with E-state index in [1.165, 1.54) is 17.0 Å². The quantitative estimate of drug-likeness (QED) is 0.843. The number of rotatable bonds is 4.